The van der Waals surface area contributed by atoms with Crippen molar-refractivity contribution in [1.82, 2.24) is 14.5 Å². The van der Waals surface area contributed by atoms with Crippen molar-refractivity contribution in [3.05, 3.63) is 10.6 Å². The Hall–Kier alpha value is -1.01. The lowest BCUT2D eigenvalue weighted by molar-refractivity contribution is -0.0259. The van der Waals surface area contributed by atoms with E-state index in [0.29, 0.717) is 24.6 Å². The van der Waals surface area contributed by atoms with Gasteiger partial charge in [0, 0.05) is 13.1 Å². The predicted molar refractivity (Wildman–Crippen MR) is 88.3 cm³/mol. The van der Waals surface area contributed by atoms with E-state index < -0.39 is 0 Å². The van der Waals surface area contributed by atoms with E-state index >= 15 is 0 Å². The number of hydrogen-bond donors (Lipinski definition) is 0. The molecule has 1 fully saturated rings. The Morgan fingerprint density at radius 3 is 2.86 bits per heavy atom. The normalized spacial score (nSPS) is 19.2. The highest BCUT2D eigenvalue weighted by atomic mass is 32.1. The molecule has 0 aliphatic carbocycles. The summed E-state index contributed by atoms with van der Waals surface area (Å²) < 4.78 is 9.77. The second-order valence-electron chi connectivity index (χ2n) is 6.71. The van der Waals surface area contributed by atoms with E-state index in [0.717, 1.165) is 24.5 Å². The number of rotatable bonds is 6. The van der Waals surface area contributed by atoms with Gasteiger partial charge >= 0.3 is 0 Å². The van der Waals surface area contributed by atoms with Gasteiger partial charge in [-0.3, -0.25) is 4.79 Å². The smallest absolute Gasteiger partial charge is 0.267 e. The first kappa shape index (κ1) is 17.3. The molecule has 1 aliphatic heterocycles. The number of amides is 1. The van der Waals surface area contributed by atoms with Crippen molar-refractivity contribution in [3.8, 4) is 0 Å². The molecule has 1 amide bonds. The molecule has 22 heavy (non-hydrogen) atoms. The van der Waals surface area contributed by atoms with Crippen LogP contribution in [0.4, 0.5) is 0 Å². The highest BCUT2D eigenvalue weighted by Gasteiger charge is 2.28. The van der Waals surface area contributed by atoms with E-state index in [9.17, 15) is 4.79 Å². The standard InChI is InChI=1S/C16H27N3O2S/c1-11(2)6-5-7-13-10-19(8-9-21-13)16(20)15-14(12(3)4)17-18-22-15/h11-13H,5-10H2,1-4H3/t13-/m0/s1. The van der Waals surface area contributed by atoms with E-state index in [1.165, 1.54) is 18.0 Å². The molecule has 0 aromatic carbocycles. The van der Waals surface area contributed by atoms with Crippen LogP contribution in [0.25, 0.3) is 0 Å². The van der Waals surface area contributed by atoms with Crippen LogP contribution < -0.4 is 0 Å². The molecule has 0 saturated carbocycles. The lowest BCUT2D eigenvalue weighted by atomic mass is 10.0. The summed E-state index contributed by atoms with van der Waals surface area (Å²) in [5.41, 5.74) is 0.817. The molecule has 0 spiro atoms. The van der Waals surface area contributed by atoms with E-state index in [4.69, 9.17) is 4.74 Å². The summed E-state index contributed by atoms with van der Waals surface area (Å²) in [6, 6.07) is 0. The molecule has 1 aromatic heterocycles. The van der Waals surface area contributed by atoms with Gasteiger partial charge in [0.15, 0.2) is 0 Å². The van der Waals surface area contributed by atoms with Gasteiger partial charge in [0.1, 0.15) is 4.88 Å². The zero-order chi connectivity index (χ0) is 16.1. The first-order chi connectivity index (χ1) is 10.5. The predicted octanol–water partition coefficient (Wildman–Crippen LogP) is 3.33. The summed E-state index contributed by atoms with van der Waals surface area (Å²) in [5, 5.41) is 4.11. The van der Waals surface area contributed by atoms with Gasteiger partial charge in [-0.05, 0) is 29.8 Å². The summed E-state index contributed by atoms with van der Waals surface area (Å²) in [5.74, 6) is 1.01. The molecule has 124 valence electrons. The van der Waals surface area contributed by atoms with Crippen molar-refractivity contribution >= 4 is 17.4 Å². The minimum atomic E-state index is 0.0656. The number of carbonyl (C=O) groups is 1. The van der Waals surface area contributed by atoms with Crippen LogP contribution in [0.15, 0.2) is 0 Å². The molecule has 0 N–H and O–H groups in total. The van der Waals surface area contributed by atoms with Gasteiger partial charge in [-0.25, -0.2) is 0 Å². The fraction of sp³-hybridized carbons (Fsp3) is 0.812. The van der Waals surface area contributed by atoms with Crippen LogP contribution in [0.2, 0.25) is 0 Å². The van der Waals surface area contributed by atoms with Crippen molar-refractivity contribution in [2.45, 2.75) is 59.0 Å². The van der Waals surface area contributed by atoms with Crippen molar-refractivity contribution in [2.75, 3.05) is 19.7 Å². The minimum Gasteiger partial charge on any atom is -0.375 e. The van der Waals surface area contributed by atoms with E-state index in [1.807, 2.05) is 18.7 Å². The van der Waals surface area contributed by atoms with E-state index in [-0.39, 0.29) is 17.9 Å². The van der Waals surface area contributed by atoms with Gasteiger partial charge in [-0.15, -0.1) is 5.10 Å². The van der Waals surface area contributed by atoms with Crippen LogP contribution in [-0.2, 0) is 4.74 Å². The Morgan fingerprint density at radius 1 is 1.41 bits per heavy atom. The summed E-state index contributed by atoms with van der Waals surface area (Å²) in [6.45, 7) is 10.5. The van der Waals surface area contributed by atoms with Gasteiger partial charge in [0.25, 0.3) is 5.91 Å². The topological polar surface area (TPSA) is 55.3 Å². The first-order valence-electron chi connectivity index (χ1n) is 8.22. The van der Waals surface area contributed by atoms with Crippen LogP contribution in [0.1, 0.15) is 68.2 Å². The van der Waals surface area contributed by atoms with Gasteiger partial charge in [0.05, 0.1) is 18.4 Å². The molecule has 0 unspecified atom stereocenters. The van der Waals surface area contributed by atoms with E-state index in [2.05, 4.69) is 23.4 Å². The summed E-state index contributed by atoms with van der Waals surface area (Å²) in [4.78, 5) is 15.3. The quantitative estimate of drug-likeness (QED) is 0.805. The highest BCUT2D eigenvalue weighted by molar-refractivity contribution is 7.08. The highest BCUT2D eigenvalue weighted by Crippen LogP contribution is 2.23. The number of ether oxygens (including phenoxy) is 1. The maximum atomic E-state index is 12.7. The molecule has 1 saturated heterocycles. The number of carbonyl (C=O) groups excluding carboxylic acids is 1. The number of hydrogen-bond acceptors (Lipinski definition) is 5. The zero-order valence-corrected chi connectivity index (χ0v) is 14.9. The fourth-order valence-electron chi connectivity index (χ4n) is 2.70. The van der Waals surface area contributed by atoms with Crippen LogP contribution >= 0.6 is 11.5 Å². The van der Waals surface area contributed by atoms with E-state index in [1.54, 1.807) is 0 Å². The zero-order valence-electron chi connectivity index (χ0n) is 14.0. The van der Waals surface area contributed by atoms with Gasteiger partial charge in [0.2, 0.25) is 0 Å². The van der Waals surface area contributed by atoms with Gasteiger partial charge < -0.3 is 9.64 Å². The maximum absolute atomic E-state index is 12.7. The lowest BCUT2D eigenvalue weighted by Crippen LogP contribution is -2.45. The number of nitrogens with zero attached hydrogens (tertiary/aromatic N) is 3. The van der Waals surface area contributed by atoms with Gasteiger partial charge in [-0.1, -0.05) is 45.0 Å². The van der Waals surface area contributed by atoms with Crippen LogP contribution in [0, 0.1) is 5.92 Å². The van der Waals surface area contributed by atoms with Crippen molar-refractivity contribution in [1.29, 1.82) is 0 Å². The molecule has 1 atom stereocenters. The third-order valence-electron chi connectivity index (χ3n) is 3.99. The number of aromatic nitrogens is 2. The Bertz CT molecular complexity index is 487. The molecule has 2 rings (SSSR count). The SMILES string of the molecule is CC(C)CCC[C@H]1CN(C(=O)c2snnc2C(C)C)CCO1. The molecular formula is C16H27N3O2S. The third-order valence-corrected chi connectivity index (χ3v) is 4.72. The Kier molecular flexibility index (Phi) is 6.32. The average molecular weight is 325 g/mol. The Morgan fingerprint density at radius 2 is 2.18 bits per heavy atom. The van der Waals surface area contributed by atoms with Crippen molar-refractivity contribution in [3.63, 3.8) is 0 Å². The van der Waals surface area contributed by atoms with Crippen molar-refractivity contribution < 1.29 is 9.53 Å². The molecule has 5 nitrogen and oxygen atoms in total. The molecule has 0 bridgehead atoms. The van der Waals surface area contributed by atoms with Crippen LogP contribution in [-0.4, -0.2) is 46.2 Å². The molecular weight excluding hydrogens is 298 g/mol. The second kappa shape index (κ2) is 8.02. The van der Waals surface area contributed by atoms with Crippen LogP contribution in [0.3, 0.4) is 0 Å². The minimum absolute atomic E-state index is 0.0656. The Labute approximate surface area is 137 Å². The summed E-state index contributed by atoms with van der Waals surface area (Å²) >= 11 is 1.21. The summed E-state index contributed by atoms with van der Waals surface area (Å²) in [7, 11) is 0. The molecule has 1 aliphatic rings. The number of morpholine rings is 1. The summed E-state index contributed by atoms with van der Waals surface area (Å²) in [6.07, 6.45) is 3.56. The molecule has 2 heterocycles. The third kappa shape index (κ3) is 4.49. The second-order valence-corrected chi connectivity index (χ2v) is 7.46. The molecule has 0 radical (unpaired) electrons. The maximum Gasteiger partial charge on any atom is 0.267 e. The lowest BCUT2D eigenvalue weighted by Gasteiger charge is -2.33. The average Bonchev–Trinajstić information content (AvgIpc) is 2.96. The fourth-order valence-corrected chi connectivity index (χ4v) is 3.49. The molecule has 1 aromatic rings. The van der Waals surface area contributed by atoms with Crippen LogP contribution in [0.5, 0.6) is 0 Å². The van der Waals surface area contributed by atoms with Gasteiger partial charge in [-0.2, -0.15) is 0 Å². The monoisotopic (exact) mass is 325 g/mol. The first-order valence-corrected chi connectivity index (χ1v) is 8.99. The Balaban J connectivity index is 1.94. The largest absolute Gasteiger partial charge is 0.375 e. The molecule has 6 heteroatoms. The van der Waals surface area contributed by atoms with Crippen molar-refractivity contribution in [2.24, 2.45) is 5.92 Å².